The quantitative estimate of drug-likeness (QED) is 0.700. The maximum atomic E-state index is 14.1. The molecule has 0 bridgehead atoms. The summed E-state index contributed by atoms with van der Waals surface area (Å²) >= 11 is 0. The van der Waals surface area contributed by atoms with Crippen LogP contribution in [0.1, 0.15) is 33.1 Å². The van der Waals surface area contributed by atoms with Crippen molar-refractivity contribution >= 4 is 11.7 Å². The summed E-state index contributed by atoms with van der Waals surface area (Å²) in [6.45, 7) is 8.49. The van der Waals surface area contributed by atoms with Crippen molar-refractivity contribution in [2.75, 3.05) is 37.6 Å². The molecule has 2 fully saturated rings. The molecule has 0 unspecified atom stereocenters. The molecule has 2 aliphatic carbocycles. The summed E-state index contributed by atoms with van der Waals surface area (Å²) < 4.78 is 20.0. The van der Waals surface area contributed by atoms with Crippen LogP contribution in [0.25, 0.3) is 0 Å². The highest BCUT2D eigenvalue weighted by Crippen LogP contribution is 2.52. The molecule has 0 amide bonds. The zero-order valence-electron chi connectivity index (χ0n) is 17.9. The minimum Gasteiger partial charge on any atom is -0.461 e. The second kappa shape index (κ2) is 7.52. The van der Waals surface area contributed by atoms with E-state index in [0.717, 1.165) is 52.0 Å². The lowest BCUT2D eigenvalue weighted by Crippen LogP contribution is -2.49. The third-order valence-electron chi connectivity index (χ3n) is 7.72. The second-order valence-corrected chi connectivity index (χ2v) is 9.67. The number of halogens is 1. The first-order valence-electron chi connectivity index (χ1n) is 11.3. The van der Waals surface area contributed by atoms with Crippen molar-refractivity contribution in [1.29, 1.82) is 0 Å². The van der Waals surface area contributed by atoms with Gasteiger partial charge < -0.3 is 9.64 Å². The zero-order valence-corrected chi connectivity index (χ0v) is 17.9. The standard InChI is InChI=1S/C25H31FN2O2/c1-17-6-5-9-25(2)15-23-18(14-20(17)25)19(24(29)30-23)16-27-10-12-28(13-11-27)22-8-4-3-7-21(22)26/h3-4,6-8,14,18-19,23H,5,9-13,15-16H2,1-2H3/t18-,19+,23+,25-/m0/s1. The van der Waals surface area contributed by atoms with Gasteiger partial charge in [-0.1, -0.05) is 36.8 Å². The van der Waals surface area contributed by atoms with Gasteiger partial charge in [0.05, 0.1) is 11.6 Å². The molecule has 160 valence electrons. The van der Waals surface area contributed by atoms with E-state index in [1.807, 2.05) is 12.1 Å². The number of allylic oxidation sites excluding steroid dienone is 3. The number of benzene rings is 1. The second-order valence-electron chi connectivity index (χ2n) is 9.67. The smallest absolute Gasteiger partial charge is 0.311 e. The normalized spacial score (nSPS) is 34.0. The summed E-state index contributed by atoms with van der Waals surface area (Å²) in [5.74, 6) is -0.128. The number of ether oxygens (including phenoxy) is 1. The number of para-hydroxylation sites is 1. The molecule has 4 aliphatic rings. The summed E-state index contributed by atoms with van der Waals surface area (Å²) in [6, 6.07) is 6.97. The van der Waals surface area contributed by atoms with Crippen LogP contribution in [-0.4, -0.2) is 49.7 Å². The Morgan fingerprint density at radius 2 is 1.97 bits per heavy atom. The van der Waals surface area contributed by atoms with Gasteiger partial charge in [0.25, 0.3) is 0 Å². The van der Waals surface area contributed by atoms with Gasteiger partial charge in [-0.05, 0) is 49.3 Å². The van der Waals surface area contributed by atoms with Crippen LogP contribution in [0.5, 0.6) is 0 Å². The van der Waals surface area contributed by atoms with Crippen molar-refractivity contribution in [2.24, 2.45) is 17.3 Å². The number of hydrogen-bond acceptors (Lipinski definition) is 4. The fraction of sp³-hybridized carbons (Fsp3) is 0.560. The Hall–Kier alpha value is -2.14. The van der Waals surface area contributed by atoms with E-state index < -0.39 is 0 Å². The van der Waals surface area contributed by atoms with E-state index in [-0.39, 0.29) is 35.1 Å². The third kappa shape index (κ3) is 3.37. The summed E-state index contributed by atoms with van der Waals surface area (Å²) in [5, 5.41) is 0. The Bertz CT molecular complexity index is 902. The third-order valence-corrected chi connectivity index (χ3v) is 7.72. The van der Waals surface area contributed by atoms with Crippen LogP contribution >= 0.6 is 0 Å². The Kier molecular flexibility index (Phi) is 4.97. The maximum absolute atomic E-state index is 14.1. The number of anilines is 1. The van der Waals surface area contributed by atoms with Gasteiger partial charge in [0.2, 0.25) is 0 Å². The van der Waals surface area contributed by atoms with Crippen molar-refractivity contribution in [3.8, 4) is 0 Å². The first-order chi connectivity index (χ1) is 14.4. The molecule has 2 saturated heterocycles. The van der Waals surface area contributed by atoms with Crippen molar-refractivity contribution in [2.45, 2.75) is 39.2 Å². The maximum Gasteiger partial charge on any atom is 0.311 e. The monoisotopic (exact) mass is 410 g/mol. The first kappa shape index (κ1) is 19.8. The fourth-order valence-corrected chi connectivity index (χ4v) is 6.00. The molecule has 0 spiro atoms. The largest absolute Gasteiger partial charge is 0.461 e. The van der Waals surface area contributed by atoms with Crippen LogP contribution in [0.2, 0.25) is 0 Å². The van der Waals surface area contributed by atoms with Crippen LogP contribution in [0.4, 0.5) is 10.1 Å². The van der Waals surface area contributed by atoms with E-state index in [4.69, 9.17) is 4.74 Å². The number of fused-ring (bicyclic) bond motifs is 2. The van der Waals surface area contributed by atoms with E-state index in [1.54, 1.807) is 6.07 Å². The molecule has 30 heavy (non-hydrogen) atoms. The molecular formula is C25H31FN2O2. The number of hydrogen-bond donors (Lipinski definition) is 0. The molecule has 1 aromatic rings. The lowest BCUT2D eigenvalue weighted by atomic mass is 9.62. The average molecular weight is 411 g/mol. The molecule has 2 aliphatic heterocycles. The molecule has 1 aromatic carbocycles. The fourth-order valence-electron chi connectivity index (χ4n) is 6.00. The molecule has 2 heterocycles. The molecule has 4 nitrogen and oxygen atoms in total. The van der Waals surface area contributed by atoms with Crippen molar-refractivity contribution < 1.29 is 13.9 Å². The molecule has 0 aromatic heterocycles. The first-order valence-corrected chi connectivity index (χ1v) is 11.3. The molecule has 5 rings (SSSR count). The Balaban J connectivity index is 1.28. The van der Waals surface area contributed by atoms with Gasteiger partial charge in [0.1, 0.15) is 11.9 Å². The van der Waals surface area contributed by atoms with E-state index in [1.165, 1.54) is 17.2 Å². The molecule has 4 atom stereocenters. The van der Waals surface area contributed by atoms with Gasteiger partial charge in [0.15, 0.2) is 0 Å². The van der Waals surface area contributed by atoms with E-state index in [2.05, 4.69) is 35.8 Å². The zero-order chi connectivity index (χ0) is 20.9. The van der Waals surface area contributed by atoms with Gasteiger partial charge in [-0.3, -0.25) is 9.69 Å². The van der Waals surface area contributed by atoms with E-state index in [9.17, 15) is 9.18 Å². The highest BCUT2D eigenvalue weighted by molar-refractivity contribution is 5.76. The number of esters is 1. The van der Waals surface area contributed by atoms with Crippen LogP contribution in [-0.2, 0) is 9.53 Å². The Morgan fingerprint density at radius 3 is 2.73 bits per heavy atom. The van der Waals surface area contributed by atoms with Crippen LogP contribution in [0.3, 0.4) is 0 Å². The minimum absolute atomic E-state index is 0.0156. The van der Waals surface area contributed by atoms with Gasteiger partial charge in [-0.15, -0.1) is 0 Å². The van der Waals surface area contributed by atoms with Crippen molar-refractivity contribution in [3.63, 3.8) is 0 Å². The molecular weight excluding hydrogens is 379 g/mol. The molecule has 5 heteroatoms. The van der Waals surface area contributed by atoms with Gasteiger partial charge in [0, 0.05) is 38.6 Å². The van der Waals surface area contributed by atoms with Crippen molar-refractivity contribution in [1.82, 2.24) is 4.90 Å². The predicted octanol–water partition coefficient (Wildman–Crippen LogP) is 4.18. The van der Waals surface area contributed by atoms with Crippen LogP contribution in [0.15, 0.2) is 47.6 Å². The molecule has 0 saturated carbocycles. The summed E-state index contributed by atoms with van der Waals surface area (Å²) in [4.78, 5) is 17.2. The van der Waals surface area contributed by atoms with Gasteiger partial charge in [-0.25, -0.2) is 4.39 Å². The lowest BCUT2D eigenvalue weighted by Gasteiger charge is -2.43. The summed E-state index contributed by atoms with van der Waals surface area (Å²) in [7, 11) is 0. The topological polar surface area (TPSA) is 32.8 Å². The van der Waals surface area contributed by atoms with Crippen molar-refractivity contribution in [3.05, 3.63) is 53.4 Å². The Morgan fingerprint density at radius 1 is 1.20 bits per heavy atom. The number of rotatable bonds is 3. The van der Waals surface area contributed by atoms with Gasteiger partial charge in [-0.2, -0.15) is 0 Å². The highest BCUT2D eigenvalue weighted by atomic mass is 19.1. The number of carbonyl (C=O) groups excluding carboxylic acids is 1. The minimum atomic E-state index is -0.166. The van der Waals surface area contributed by atoms with E-state index in [0.29, 0.717) is 5.69 Å². The molecule has 0 N–H and O–H groups in total. The van der Waals surface area contributed by atoms with Gasteiger partial charge >= 0.3 is 5.97 Å². The number of piperazine rings is 1. The Labute approximate surface area is 178 Å². The average Bonchev–Trinajstić information content (AvgIpc) is 3.01. The summed E-state index contributed by atoms with van der Waals surface area (Å²) in [5.41, 5.74) is 3.62. The SMILES string of the molecule is CC1=CCC[C@@]2(C)C[C@H]3OC(=O)[C@H](CN4CCN(c5ccccc5F)CC4)[C@@H]3C=C12. The number of nitrogens with zero attached hydrogens (tertiary/aromatic N) is 2. The van der Waals surface area contributed by atoms with Crippen LogP contribution < -0.4 is 4.90 Å². The summed E-state index contributed by atoms with van der Waals surface area (Å²) in [6.07, 6.45) is 7.91. The van der Waals surface area contributed by atoms with Crippen LogP contribution in [0, 0.1) is 23.1 Å². The number of carbonyl (C=O) groups is 1. The predicted molar refractivity (Wildman–Crippen MR) is 116 cm³/mol. The lowest BCUT2D eigenvalue weighted by molar-refractivity contribution is -0.145. The molecule has 0 radical (unpaired) electrons. The highest BCUT2D eigenvalue weighted by Gasteiger charge is 2.51. The van der Waals surface area contributed by atoms with E-state index >= 15 is 0 Å².